The van der Waals surface area contributed by atoms with Gasteiger partial charge in [0.1, 0.15) is 35.2 Å². The van der Waals surface area contributed by atoms with Gasteiger partial charge in [-0.2, -0.15) is 0 Å². The average molecular weight is 417 g/mol. The summed E-state index contributed by atoms with van der Waals surface area (Å²) in [5.41, 5.74) is 5.61. The normalized spacial score (nSPS) is 23.4. The third-order valence-corrected chi connectivity index (χ3v) is 5.46. The lowest BCUT2D eigenvalue weighted by atomic mass is 10.0. The molecule has 10 nitrogen and oxygen atoms in total. The maximum Gasteiger partial charge on any atom is 0.352 e. The van der Waals surface area contributed by atoms with Crippen LogP contribution in [0, 0.1) is 0 Å². The summed E-state index contributed by atoms with van der Waals surface area (Å²) in [4.78, 5) is 47.0. The van der Waals surface area contributed by atoms with E-state index in [9.17, 15) is 19.5 Å². The molecule has 1 saturated heterocycles. The maximum absolute atomic E-state index is 12.8. The van der Waals surface area contributed by atoms with E-state index in [4.69, 9.17) is 10.6 Å². The van der Waals surface area contributed by atoms with Gasteiger partial charge in [0.15, 0.2) is 5.71 Å². The fourth-order valence-corrected chi connectivity index (χ4v) is 4.21. The Morgan fingerprint density at radius 2 is 2.28 bits per heavy atom. The molecular weight excluding hydrogens is 398 g/mol. The van der Waals surface area contributed by atoms with Crippen molar-refractivity contribution in [1.29, 1.82) is 0 Å². The lowest BCUT2D eigenvalue weighted by Gasteiger charge is -2.49. The Bertz CT molecular complexity index is 931. The van der Waals surface area contributed by atoms with Crippen LogP contribution in [0.1, 0.15) is 12.6 Å². The number of aliphatic carboxylic acids is 1. The second kappa shape index (κ2) is 8.35. The minimum Gasteiger partial charge on any atom is -0.477 e. The lowest BCUT2D eigenvalue weighted by molar-refractivity contribution is -0.150. The van der Waals surface area contributed by atoms with Gasteiger partial charge in [-0.3, -0.25) is 14.5 Å². The van der Waals surface area contributed by atoms with Gasteiger partial charge < -0.3 is 21.0 Å². The summed E-state index contributed by atoms with van der Waals surface area (Å²) in [5, 5.41) is 15.1. The first-order chi connectivity index (χ1) is 13.8. The molecule has 29 heavy (non-hydrogen) atoms. The van der Waals surface area contributed by atoms with Crippen LogP contribution < -0.4 is 11.1 Å². The van der Waals surface area contributed by atoms with Gasteiger partial charge in [0, 0.05) is 5.25 Å². The van der Waals surface area contributed by atoms with Gasteiger partial charge >= 0.3 is 5.97 Å². The van der Waals surface area contributed by atoms with Crippen LogP contribution in [0.3, 0.4) is 0 Å². The van der Waals surface area contributed by atoms with E-state index in [0.717, 1.165) is 0 Å². The molecule has 3 rings (SSSR count). The number of aromatic nitrogens is 1. The van der Waals surface area contributed by atoms with Gasteiger partial charge in [0.2, 0.25) is 0 Å². The predicted molar refractivity (Wildman–Crippen MR) is 107 cm³/mol. The Labute approximate surface area is 170 Å². The Hall–Kier alpha value is -3.34. The van der Waals surface area contributed by atoms with E-state index in [1.54, 1.807) is 12.1 Å². The number of hydrogen-bond acceptors (Lipinski definition) is 8. The minimum absolute atomic E-state index is 0.0675. The summed E-state index contributed by atoms with van der Waals surface area (Å²) in [6.07, 6.45) is 2.96. The first-order valence-corrected chi connectivity index (χ1v) is 9.56. The topological polar surface area (TPSA) is 147 Å². The number of oxime groups is 1. The Morgan fingerprint density at radius 1 is 1.52 bits per heavy atom. The summed E-state index contributed by atoms with van der Waals surface area (Å²) in [6.45, 7) is 5.39. The summed E-state index contributed by atoms with van der Waals surface area (Å²) in [7, 11) is 0. The zero-order chi connectivity index (χ0) is 21.1. The first kappa shape index (κ1) is 20.4. The van der Waals surface area contributed by atoms with E-state index in [0.29, 0.717) is 0 Å². The maximum atomic E-state index is 12.8. The van der Waals surface area contributed by atoms with E-state index in [2.05, 4.69) is 22.0 Å². The van der Waals surface area contributed by atoms with Gasteiger partial charge in [-0.05, 0) is 25.1 Å². The number of β-lactam (4-membered cyclic amide) rings is 1. The molecule has 152 valence electrons. The zero-order valence-corrected chi connectivity index (χ0v) is 16.3. The molecule has 3 atom stereocenters. The molecule has 0 spiro atoms. The summed E-state index contributed by atoms with van der Waals surface area (Å²) < 4.78 is 0. The van der Waals surface area contributed by atoms with Crippen LogP contribution in [0.25, 0.3) is 0 Å². The molecule has 0 bridgehead atoms. The van der Waals surface area contributed by atoms with Crippen LogP contribution in [0.2, 0.25) is 0 Å². The van der Waals surface area contributed by atoms with Crippen molar-refractivity contribution in [2.75, 3.05) is 12.3 Å². The number of rotatable bonds is 7. The number of fused-ring (bicyclic) bond motifs is 1. The molecular formula is C18H19N5O5S. The molecule has 0 aliphatic carbocycles. The molecule has 1 fully saturated rings. The zero-order valence-electron chi connectivity index (χ0n) is 15.4. The van der Waals surface area contributed by atoms with Crippen LogP contribution in [-0.2, 0) is 19.2 Å². The van der Waals surface area contributed by atoms with Crippen LogP contribution >= 0.6 is 11.8 Å². The largest absolute Gasteiger partial charge is 0.477 e. The molecule has 0 radical (unpaired) electrons. The van der Waals surface area contributed by atoms with Crippen LogP contribution in [0.5, 0.6) is 0 Å². The highest BCUT2D eigenvalue weighted by Gasteiger charge is 2.54. The molecule has 2 unspecified atom stereocenters. The second-order valence-electron chi connectivity index (χ2n) is 6.22. The summed E-state index contributed by atoms with van der Waals surface area (Å²) >= 11 is 1.37. The molecule has 1 aromatic rings. The molecule has 4 N–H and O–H groups in total. The van der Waals surface area contributed by atoms with Gasteiger partial charge in [-0.25, -0.2) is 9.78 Å². The van der Waals surface area contributed by atoms with Gasteiger partial charge in [0.25, 0.3) is 11.8 Å². The number of carboxylic acid groups (broad SMARTS) is 1. The minimum atomic E-state index is -1.19. The fourth-order valence-electron chi connectivity index (χ4n) is 2.88. The number of anilines is 1. The smallest absolute Gasteiger partial charge is 0.352 e. The highest BCUT2D eigenvalue weighted by Crippen LogP contribution is 2.40. The number of pyridine rings is 1. The molecule has 3 heterocycles. The lowest BCUT2D eigenvalue weighted by Crippen LogP contribution is -2.71. The molecule has 2 aliphatic rings. The number of nitrogens with two attached hydrogens (primary N) is 1. The van der Waals surface area contributed by atoms with Crippen LogP contribution in [-0.4, -0.2) is 61.8 Å². The van der Waals surface area contributed by atoms with E-state index in [1.807, 2.05) is 6.92 Å². The third-order valence-electron chi connectivity index (χ3n) is 4.13. The Balaban J connectivity index is 1.81. The average Bonchev–Trinajstić information content (AvgIpc) is 2.68. The van der Waals surface area contributed by atoms with Gasteiger partial charge in [-0.1, -0.05) is 23.9 Å². The van der Waals surface area contributed by atoms with Crippen molar-refractivity contribution in [3.05, 3.63) is 48.3 Å². The second-order valence-corrected chi connectivity index (χ2v) is 7.72. The number of nitrogen functional groups attached to an aromatic ring is 1. The molecule has 11 heteroatoms. The third kappa shape index (κ3) is 4.09. The van der Waals surface area contributed by atoms with Crippen LogP contribution in [0.4, 0.5) is 5.82 Å². The predicted octanol–water partition coefficient (Wildman–Crippen LogP) is 0.327. The van der Waals surface area contributed by atoms with Crippen molar-refractivity contribution in [2.24, 2.45) is 5.16 Å². The van der Waals surface area contributed by atoms with Gasteiger partial charge in [-0.15, -0.1) is 11.8 Å². The molecule has 1 aromatic heterocycles. The van der Waals surface area contributed by atoms with Crippen molar-refractivity contribution in [3.8, 4) is 0 Å². The highest BCUT2D eigenvalue weighted by atomic mass is 32.2. The number of amides is 2. The van der Waals surface area contributed by atoms with Crippen molar-refractivity contribution in [2.45, 2.75) is 23.6 Å². The SMILES string of the molecule is C=CCO/N=C(\C(=O)NC1C(=O)N2C(C(=O)O)=CC(C)S[C@H]12)c1cccc(N)n1. The molecule has 2 aliphatic heterocycles. The monoisotopic (exact) mass is 417 g/mol. The number of carbonyl (C=O) groups is 3. The summed E-state index contributed by atoms with van der Waals surface area (Å²) in [6, 6.07) is 3.79. The van der Waals surface area contributed by atoms with Crippen molar-refractivity contribution >= 4 is 41.1 Å². The fraction of sp³-hybridized carbons (Fsp3) is 0.278. The number of hydrogen-bond donors (Lipinski definition) is 3. The Morgan fingerprint density at radius 3 is 2.93 bits per heavy atom. The van der Waals surface area contributed by atoms with Gasteiger partial charge in [0.05, 0.1) is 0 Å². The standard InChI is InChI=1S/C18H19N5O5S/c1-3-7-28-22-13(10-5-4-6-12(19)20-10)15(24)21-14-16(25)23-11(18(26)27)8-9(2)29-17(14)23/h3-6,8-9,14,17H,1,7H2,2H3,(H2,19,20)(H,21,24)(H,26,27)/b22-13-/t9?,14?,17-/m1/s1. The van der Waals surface area contributed by atoms with E-state index >= 15 is 0 Å². The first-order valence-electron chi connectivity index (χ1n) is 8.61. The van der Waals surface area contributed by atoms with E-state index in [1.165, 1.54) is 34.9 Å². The van der Waals surface area contributed by atoms with Crippen LogP contribution in [0.15, 0.2) is 47.8 Å². The molecule has 2 amide bonds. The highest BCUT2D eigenvalue weighted by molar-refractivity contribution is 8.00. The number of nitrogens with zero attached hydrogens (tertiary/aromatic N) is 3. The van der Waals surface area contributed by atoms with E-state index in [-0.39, 0.29) is 34.8 Å². The quantitative estimate of drug-likeness (QED) is 0.189. The number of thioether (sulfide) groups is 1. The number of carbonyl (C=O) groups excluding carboxylic acids is 2. The summed E-state index contributed by atoms with van der Waals surface area (Å²) in [5.74, 6) is -2.21. The Kier molecular flexibility index (Phi) is 5.87. The molecule has 0 saturated carbocycles. The molecule has 0 aromatic carbocycles. The van der Waals surface area contributed by atoms with Crippen molar-refractivity contribution in [3.63, 3.8) is 0 Å². The van der Waals surface area contributed by atoms with Crippen molar-refractivity contribution in [1.82, 2.24) is 15.2 Å². The van der Waals surface area contributed by atoms with Crippen molar-refractivity contribution < 1.29 is 24.3 Å². The number of carboxylic acids is 1. The number of nitrogens with one attached hydrogen (secondary N) is 1. The van der Waals surface area contributed by atoms with E-state index < -0.39 is 29.2 Å².